The second-order valence-electron chi connectivity index (χ2n) is 7.29. The van der Waals surface area contributed by atoms with Crippen molar-refractivity contribution in [2.75, 3.05) is 5.43 Å². The summed E-state index contributed by atoms with van der Waals surface area (Å²) in [5, 5.41) is 4.71. The number of aromatic nitrogens is 4. The number of hydrogen-bond acceptors (Lipinski definition) is 4. The van der Waals surface area contributed by atoms with E-state index in [1.165, 1.54) is 29.2 Å². The molecule has 0 saturated heterocycles. The highest BCUT2D eigenvalue weighted by Crippen LogP contribution is 2.23. The van der Waals surface area contributed by atoms with Gasteiger partial charge in [-0.05, 0) is 49.9 Å². The normalized spacial score (nSPS) is 15.2. The van der Waals surface area contributed by atoms with Gasteiger partial charge in [0.05, 0.1) is 11.9 Å². The van der Waals surface area contributed by atoms with Crippen molar-refractivity contribution in [1.82, 2.24) is 19.4 Å². The van der Waals surface area contributed by atoms with Crippen molar-refractivity contribution in [3.8, 4) is 5.69 Å². The summed E-state index contributed by atoms with van der Waals surface area (Å²) in [6.07, 6.45) is 7.92. The Morgan fingerprint density at radius 2 is 1.93 bits per heavy atom. The van der Waals surface area contributed by atoms with Gasteiger partial charge >= 0.3 is 0 Å². The van der Waals surface area contributed by atoms with Gasteiger partial charge in [0.25, 0.3) is 5.56 Å². The summed E-state index contributed by atoms with van der Waals surface area (Å²) in [7, 11) is 0. The van der Waals surface area contributed by atoms with E-state index in [9.17, 15) is 9.59 Å². The van der Waals surface area contributed by atoms with Crippen LogP contribution in [0.2, 0.25) is 0 Å². The lowest BCUT2D eigenvalue weighted by atomic mass is 9.89. The number of amides is 1. The third kappa shape index (κ3) is 3.25. The van der Waals surface area contributed by atoms with Crippen LogP contribution in [0.4, 0.5) is 0 Å². The van der Waals surface area contributed by atoms with Crippen molar-refractivity contribution in [3.63, 3.8) is 0 Å². The quantitative estimate of drug-likeness (QED) is 0.774. The van der Waals surface area contributed by atoms with Crippen molar-refractivity contribution in [2.24, 2.45) is 5.92 Å². The fourth-order valence-electron chi connectivity index (χ4n) is 3.61. The van der Waals surface area contributed by atoms with E-state index in [4.69, 9.17) is 0 Å². The smallest absolute Gasteiger partial charge is 0.273 e. The van der Waals surface area contributed by atoms with Gasteiger partial charge in [0.15, 0.2) is 5.65 Å². The largest absolute Gasteiger partial charge is 0.283 e. The second kappa shape index (κ2) is 6.98. The molecular formula is C20H23N5O2. The first-order chi connectivity index (χ1) is 13.0. The minimum Gasteiger partial charge on any atom is -0.273 e. The van der Waals surface area contributed by atoms with Crippen molar-refractivity contribution in [1.29, 1.82) is 0 Å². The average Bonchev–Trinajstić information content (AvgIpc) is 3.12. The van der Waals surface area contributed by atoms with Crippen molar-refractivity contribution < 1.29 is 4.79 Å². The number of nitrogens with one attached hydrogen (secondary N) is 1. The molecule has 2 heterocycles. The summed E-state index contributed by atoms with van der Waals surface area (Å²) in [6, 6.07) is 5.98. The maximum absolute atomic E-state index is 12.8. The first-order valence-corrected chi connectivity index (χ1v) is 9.38. The summed E-state index contributed by atoms with van der Waals surface area (Å²) in [6.45, 7) is 4.08. The Bertz CT molecular complexity index is 1060. The van der Waals surface area contributed by atoms with Crippen molar-refractivity contribution in [3.05, 3.63) is 52.2 Å². The molecule has 7 nitrogen and oxygen atoms in total. The molecule has 1 amide bonds. The van der Waals surface area contributed by atoms with Crippen LogP contribution in [0.3, 0.4) is 0 Å². The van der Waals surface area contributed by atoms with E-state index < -0.39 is 0 Å². The predicted molar refractivity (Wildman–Crippen MR) is 104 cm³/mol. The monoisotopic (exact) mass is 365 g/mol. The van der Waals surface area contributed by atoms with Crippen LogP contribution in [0.1, 0.15) is 43.2 Å². The summed E-state index contributed by atoms with van der Waals surface area (Å²) in [5.41, 5.74) is 6.05. The first kappa shape index (κ1) is 17.5. The first-order valence-electron chi connectivity index (χ1n) is 9.38. The standard InChI is InChI=1S/C20H23N5O2/c1-13-8-9-16(10-14(13)2)25-18-17(11-22-25)20(27)24(12-21-18)23-19(26)15-6-4-3-5-7-15/h8-12,15H,3-7H2,1-2H3,(H,23,26). The van der Waals surface area contributed by atoms with Gasteiger partial charge in [-0.15, -0.1) is 0 Å². The lowest BCUT2D eigenvalue weighted by Gasteiger charge is -2.20. The van der Waals surface area contributed by atoms with Crippen LogP contribution < -0.4 is 11.0 Å². The zero-order valence-corrected chi connectivity index (χ0v) is 15.6. The minimum atomic E-state index is -0.320. The minimum absolute atomic E-state index is 0.0281. The third-order valence-corrected chi connectivity index (χ3v) is 5.43. The fraction of sp³-hybridized carbons (Fsp3) is 0.400. The van der Waals surface area contributed by atoms with Gasteiger partial charge in [-0.3, -0.25) is 15.0 Å². The number of benzene rings is 1. The highest BCUT2D eigenvalue weighted by molar-refractivity contribution is 5.86. The Hall–Kier alpha value is -2.96. The SMILES string of the molecule is Cc1ccc(-n2ncc3c(=O)n(NC(=O)C4CCCCC4)cnc32)cc1C. The number of carbonyl (C=O) groups is 1. The van der Waals surface area contributed by atoms with E-state index >= 15 is 0 Å². The van der Waals surface area contributed by atoms with Gasteiger partial charge in [0, 0.05) is 5.92 Å². The van der Waals surface area contributed by atoms with Gasteiger partial charge in [-0.1, -0.05) is 25.3 Å². The number of carbonyl (C=O) groups excluding carboxylic acids is 1. The topological polar surface area (TPSA) is 81.8 Å². The van der Waals surface area contributed by atoms with Gasteiger partial charge in [-0.25, -0.2) is 14.3 Å². The number of aryl methyl sites for hydroxylation is 2. The van der Waals surface area contributed by atoms with Gasteiger partial charge in [0.2, 0.25) is 5.91 Å². The van der Waals surface area contributed by atoms with E-state index in [1.807, 2.05) is 32.0 Å². The van der Waals surface area contributed by atoms with E-state index in [2.05, 4.69) is 15.5 Å². The molecule has 1 aromatic carbocycles. The summed E-state index contributed by atoms with van der Waals surface area (Å²) >= 11 is 0. The summed E-state index contributed by atoms with van der Waals surface area (Å²) in [4.78, 5) is 29.6. The van der Waals surface area contributed by atoms with Crippen LogP contribution in [0.15, 0.2) is 35.5 Å². The Morgan fingerprint density at radius 3 is 2.67 bits per heavy atom. The van der Waals surface area contributed by atoms with Gasteiger partial charge in [-0.2, -0.15) is 5.10 Å². The molecule has 1 aliphatic carbocycles. The van der Waals surface area contributed by atoms with E-state index in [1.54, 1.807) is 4.68 Å². The van der Waals surface area contributed by atoms with E-state index in [-0.39, 0.29) is 17.4 Å². The molecule has 1 aliphatic rings. The van der Waals surface area contributed by atoms with E-state index in [0.717, 1.165) is 36.9 Å². The number of hydrogen-bond donors (Lipinski definition) is 1. The van der Waals surface area contributed by atoms with Crippen LogP contribution >= 0.6 is 0 Å². The molecule has 0 unspecified atom stereocenters. The molecule has 7 heteroatoms. The molecule has 4 rings (SSSR count). The second-order valence-corrected chi connectivity index (χ2v) is 7.29. The average molecular weight is 365 g/mol. The van der Waals surface area contributed by atoms with Crippen LogP contribution in [-0.2, 0) is 4.79 Å². The molecule has 140 valence electrons. The lowest BCUT2D eigenvalue weighted by molar-refractivity contribution is -0.121. The Labute approximate surface area is 157 Å². The molecule has 1 saturated carbocycles. The summed E-state index contributed by atoms with van der Waals surface area (Å²) in [5.74, 6) is -0.140. The van der Waals surface area contributed by atoms with Crippen LogP contribution in [-0.4, -0.2) is 25.3 Å². The van der Waals surface area contributed by atoms with Crippen molar-refractivity contribution in [2.45, 2.75) is 46.0 Å². The molecule has 27 heavy (non-hydrogen) atoms. The highest BCUT2D eigenvalue weighted by Gasteiger charge is 2.22. The molecule has 0 aliphatic heterocycles. The Balaban J connectivity index is 1.66. The summed E-state index contributed by atoms with van der Waals surface area (Å²) < 4.78 is 2.82. The molecule has 0 atom stereocenters. The molecule has 2 aromatic heterocycles. The van der Waals surface area contributed by atoms with Crippen molar-refractivity contribution >= 4 is 16.9 Å². The molecular weight excluding hydrogens is 342 g/mol. The third-order valence-electron chi connectivity index (χ3n) is 5.43. The zero-order chi connectivity index (χ0) is 19.0. The lowest BCUT2D eigenvalue weighted by Crippen LogP contribution is -2.37. The van der Waals surface area contributed by atoms with Gasteiger partial charge < -0.3 is 0 Å². The Kier molecular flexibility index (Phi) is 4.51. The van der Waals surface area contributed by atoms with Crippen LogP contribution in [0.5, 0.6) is 0 Å². The molecule has 1 N–H and O–H groups in total. The maximum atomic E-state index is 12.8. The van der Waals surface area contributed by atoms with Crippen LogP contribution in [0.25, 0.3) is 16.7 Å². The van der Waals surface area contributed by atoms with Gasteiger partial charge in [0.1, 0.15) is 11.7 Å². The fourth-order valence-corrected chi connectivity index (χ4v) is 3.61. The highest BCUT2D eigenvalue weighted by atomic mass is 16.2. The molecule has 0 radical (unpaired) electrons. The maximum Gasteiger partial charge on any atom is 0.283 e. The van der Waals surface area contributed by atoms with E-state index in [0.29, 0.717) is 11.0 Å². The zero-order valence-electron chi connectivity index (χ0n) is 15.6. The predicted octanol–water partition coefficient (Wildman–Crippen LogP) is 2.85. The Morgan fingerprint density at radius 1 is 1.15 bits per heavy atom. The molecule has 1 fully saturated rings. The number of fused-ring (bicyclic) bond motifs is 1. The number of rotatable bonds is 3. The molecule has 3 aromatic rings. The molecule has 0 bridgehead atoms. The van der Waals surface area contributed by atoms with Crippen LogP contribution in [0, 0.1) is 19.8 Å². The molecule has 0 spiro atoms. The number of nitrogens with zero attached hydrogens (tertiary/aromatic N) is 4.